The van der Waals surface area contributed by atoms with Gasteiger partial charge in [0.15, 0.2) is 0 Å². The minimum absolute atomic E-state index is 0.229. The van der Waals surface area contributed by atoms with E-state index in [0.717, 1.165) is 10.0 Å². The predicted octanol–water partition coefficient (Wildman–Crippen LogP) is 3.18. The summed E-state index contributed by atoms with van der Waals surface area (Å²) in [6, 6.07) is 8.37. The lowest BCUT2D eigenvalue weighted by Crippen LogP contribution is -1.99. The van der Waals surface area contributed by atoms with Gasteiger partial charge < -0.3 is 9.73 Å². The summed E-state index contributed by atoms with van der Waals surface area (Å²) in [7, 11) is 0. The molecule has 0 bridgehead atoms. The summed E-state index contributed by atoms with van der Waals surface area (Å²) >= 11 is 8.92. The van der Waals surface area contributed by atoms with Gasteiger partial charge in [-0.15, -0.1) is 16.7 Å². The van der Waals surface area contributed by atoms with Gasteiger partial charge in [-0.2, -0.15) is 0 Å². The van der Waals surface area contributed by atoms with Crippen molar-refractivity contribution in [3.05, 3.63) is 40.2 Å². The van der Waals surface area contributed by atoms with Crippen molar-refractivity contribution in [2.45, 2.75) is 12.4 Å². The van der Waals surface area contributed by atoms with Gasteiger partial charge in [0.25, 0.3) is 0 Å². The highest BCUT2D eigenvalue weighted by Crippen LogP contribution is 2.12. The van der Waals surface area contributed by atoms with E-state index in [2.05, 4.69) is 31.4 Å². The maximum absolute atomic E-state index is 5.55. The number of rotatable bonds is 4. The molecule has 0 aliphatic rings. The van der Waals surface area contributed by atoms with Crippen LogP contribution in [0.25, 0.3) is 0 Å². The molecule has 2 rings (SSSR count). The van der Waals surface area contributed by atoms with Crippen LogP contribution < -0.4 is 5.32 Å². The number of benzene rings is 1. The van der Waals surface area contributed by atoms with Crippen LogP contribution in [-0.4, -0.2) is 10.2 Å². The monoisotopic (exact) mass is 301 g/mol. The molecule has 0 saturated heterocycles. The molecule has 6 heteroatoms. The summed E-state index contributed by atoms with van der Waals surface area (Å²) in [5.74, 6) is 0.646. The standard InChI is InChI=1S/C10H9BrClN3O/c11-8-3-1-7(2-4-8)6-13-10-15-14-9(5-12)16-10/h1-4H,5-6H2,(H,13,15). The van der Waals surface area contributed by atoms with Crippen LogP contribution in [0.4, 0.5) is 6.01 Å². The van der Waals surface area contributed by atoms with Gasteiger partial charge in [-0.25, -0.2) is 0 Å². The van der Waals surface area contributed by atoms with Crippen LogP contribution in [0.5, 0.6) is 0 Å². The number of nitrogens with zero attached hydrogens (tertiary/aromatic N) is 2. The highest BCUT2D eigenvalue weighted by atomic mass is 79.9. The molecular weight excluding hydrogens is 293 g/mol. The Kier molecular flexibility index (Phi) is 3.79. The van der Waals surface area contributed by atoms with Crippen molar-refractivity contribution in [3.8, 4) is 0 Å². The molecule has 0 radical (unpaired) electrons. The molecule has 0 saturated carbocycles. The van der Waals surface area contributed by atoms with E-state index in [1.54, 1.807) is 0 Å². The topological polar surface area (TPSA) is 51.0 Å². The van der Waals surface area contributed by atoms with Gasteiger partial charge in [-0.05, 0) is 17.7 Å². The molecule has 0 spiro atoms. The Bertz CT molecular complexity index is 457. The van der Waals surface area contributed by atoms with Gasteiger partial charge in [0, 0.05) is 11.0 Å². The first kappa shape index (κ1) is 11.4. The van der Waals surface area contributed by atoms with E-state index in [-0.39, 0.29) is 5.88 Å². The van der Waals surface area contributed by atoms with Crippen LogP contribution in [0.2, 0.25) is 0 Å². The third-order valence-corrected chi connectivity index (χ3v) is 2.70. The van der Waals surface area contributed by atoms with Gasteiger partial charge in [0.2, 0.25) is 5.89 Å². The van der Waals surface area contributed by atoms with Crippen LogP contribution in [0.15, 0.2) is 33.2 Å². The van der Waals surface area contributed by atoms with Gasteiger partial charge in [-0.3, -0.25) is 0 Å². The number of alkyl halides is 1. The predicted molar refractivity (Wildman–Crippen MR) is 65.3 cm³/mol. The van der Waals surface area contributed by atoms with Crippen molar-refractivity contribution in [1.29, 1.82) is 0 Å². The zero-order valence-corrected chi connectivity index (χ0v) is 10.6. The average molecular weight is 303 g/mol. The lowest BCUT2D eigenvalue weighted by Gasteiger charge is -2.01. The second-order valence-corrected chi connectivity index (χ2v) is 4.30. The number of hydrogen-bond donors (Lipinski definition) is 1. The number of aromatic nitrogens is 2. The molecule has 4 nitrogen and oxygen atoms in total. The zero-order chi connectivity index (χ0) is 11.4. The second kappa shape index (κ2) is 5.32. The molecule has 84 valence electrons. The lowest BCUT2D eigenvalue weighted by atomic mass is 10.2. The van der Waals surface area contributed by atoms with Crippen LogP contribution in [-0.2, 0) is 12.4 Å². The fraction of sp³-hybridized carbons (Fsp3) is 0.200. The highest BCUT2D eigenvalue weighted by molar-refractivity contribution is 9.10. The SMILES string of the molecule is ClCc1nnc(NCc2ccc(Br)cc2)o1. The van der Waals surface area contributed by atoms with E-state index in [0.29, 0.717) is 18.5 Å². The van der Waals surface area contributed by atoms with E-state index in [1.807, 2.05) is 24.3 Å². The fourth-order valence-electron chi connectivity index (χ4n) is 1.16. The van der Waals surface area contributed by atoms with Crippen LogP contribution >= 0.6 is 27.5 Å². The Labute approximate surface area is 106 Å². The summed E-state index contributed by atoms with van der Waals surface area (Å²) in [5.41, 5.74) is 1.13. The zero-order valence-electron chi connectivity index (χ0n) is 8.28. The normalized spacial score (nSPS) is 10.4. The molecule has 0 aliphatic heterocycles. The largest absolute Gasteiger partial charge is 0.407 e. The smallest absolute Gasteiger partial charge is 0.315 e. The Morgan fingerprint density at radius 1 is 1.25 bits per heavy atom. The highest BCUT2D eigenvalue weighted by Gasteiger charge is 2.03. The number of halogens is 2. The Hall–Kier alpha value is -1.07. The minimum Gasteiger partial charge on any atom is -0.407 e. The first-order chi connectivity index (χ1) is 7.78. The van der Waals surface area contributed by atoms with Crippen molar-refractivity contribution < 1.29 is 4.42 Å². The summed E-state index contributed by atoms with van der Waals surface area (Å²) in [6.07, 6.45) is 0. The summed E-state index contributed by atoms with van der Waals surface area (Å²) < 4.78 is 6.26. The van der Waals surface area contributed by atoms with E-state index in [9.17, 15) is 0 Å². The first-order valence-corrected chi connectivity index (χ1v) is 5.97. The molecule has 1 heterocycles. The molecule has 2 aromatic rings. The second-order valence-electron chi connectivity index (χ2n) is 3.11. The third-order valence-electron chi connectivity index (χ3n) is 1.94. The summed E-state index contributed by atoms with van der Waals surface area (Å²) in [5, 5.41) is 10.6. The van der Waals surface area contributed by atoms with Gasteiger partial charge in [-0.1, -0.05) is 33.2 Å². The molecular formula is C10H9BrClN3O. The molecule has 0 aliphatic carbocycles. The van der Waals surface area contributed by atoms with Gasteiger partial charge >= 0.3 is 6.01 Å². The number of hydrogen-bond acceptors (Lipinski definition) is 4. The van der Waals surface area contributed by atoms with Crippen molar-refractivity contribution in [2.24, 2.45) is 0 Å². The number of nitrogens with one attached hydrogen (secondary N) is 1. The molecule has 0 atom stereocenters. The van der Waals surface area contributed by atoms with Crippen LogP contribution in [0.3, 0.4) is 0 Å². The van der Waals surface area contributed by atoms with E-state index in [4.69, 9.17) is 16.0 Å². The van der Waals surface area contributed by atoms with Gasteiger partial charge in [0.1, 0.15) is 5.88 Å². The molecule has 1 aromatic carbocycles. The van der Waals surface area contributed by atoms with Crippen molar-refractivity contribution >= 4 is 33.5 Å². The van der Waals surface area contributed by atoms with Crippen molar-refractivity contribution in [3.63, 3.8) is 0 Å². The van der Waals surface area contributed by atoms with Crippen molar-refractivity contribution in [1.82, 2.24) is 10.2 Å². The Morgan fingerprint density at radius 2 is 2.00 bits per heavy atom. The van der Waals surface area contributed by atoms with Crippen LogP contribution in [0.1, 0.15) is 11.5 Å². The molecule has 0 amide bonds. The Morgan fingerprint density at radius 3 is 2.62 bits per heavy atom. The van der Waals surface area contributed by atoms with Crippen LogP contribution in [0, 0.1) is 0 Å². The third kappa shape index (κ3) is 2.96. The summed E-state index contributed by atoms with van der Waals surface area (Å²) in [4.78, 5) is 0. The van der Waals surface area contributed by atoms with Crippen molar-refractivity contribution in [2.75, 3.05) is 5.32 Å². The maximum Gasteiger partial charge on any atom is 0.315 e. The maximum atomic E-state index is 5.55. The number of anilines is 1. The van der Waals surface area contributed by atoms with E-state index < -0.39 is 0 Å². The molecule has 16 heavy (non-hydrogen) atoms. The molecule has 0 fully saturated rings. The summed E-state index contributed by atoms with van der Waals surface area (Å²) in [6.45, 7) is 0.636. The van der Waals surface area contributed by atoms with E-state index in [1.165, 1.54) is 0 Å². The molecule has 0 unspecified atom stereocenters. The Balaban J connectivity index is 1.94. The minimum atomic E-state index is 0.229. The fourth-order valence-corrected chi connectivity index (χ4v) is 1.53. The van der Waals surface area contributed by atoms with E-state index >= 15 is 0 Å². The average Bonchev–Trinajstić information content (AvgIpc) is 2.76. The molecule has 1 aromatic heterocycles. The van der Waals surface area contributed by atoms with Gasteiger partial charge in [0.05, 0.1) is 0 Å². The lowest BCUT2D eigenvalue weighted by molar-refractivity contribution is 0.525. The molecule has 1 N–H and O–H groups in total. The quantitative estimate of drug-likeness (QED) is 0.881. The first-order valence-electron chi connectivity index (χ1n) is 4.64.